The molecule has 1 saturated heterocycles. The minimum atomic E-state index is -0.378. The number of nitrogens with one attached hydrogen (secondary N) is 1. The van der Waals surface area contributed by atoms with Gasteiger partial charge in [-0.1, -0.05) is 6.07 Å². The summed E-state index contributed by atoms with van der Waals surface area (Å²) in [6, 6.07) is 5.51. The molecule has 3 N–H and O–H groups in total. The maximum Gasteiger partial charge on any atom is 0.340 e. The highest BCUT2D eigenvalue weighted by atomic mass is 16.5. The third-order valence-corrected chi connectivity index (χ3v) is 3.07. The fourth-order valence-corrected chi connectivity index (χ4v) is 2.06. The highest BCUT2D eigenvalue weighted by Crippen LogP contribution is 2.26. The van der Waals surface area contributed by atoms with E-state index in [2.05, 4.69) is 5.32 Å². The van der Waals surface area contributed by atoms with Gasteiger partial charge in [-0.3, -0.25) is 0 Å². The third-order valence-electron chi connectivity index (χ3n) is 3.07. The van der Waals surface area contributed by atoms with E-state index in [1.807, 2.05) is 0 Å². The molecule has 0 amide bonds. The lowest BCUT2D eigenvalue weighted by Gasteiger charge is -2.25. The summed E-state index contributed by atoms with van der Waals surface area (Å²) in [4.78, 5) is 11.7. The molecule has 5 heteroatoms. The first kappa shape index (κ1) is 12.7. The highest BCUT2D eigenvalue weighted by Gasteiger charge is 2.19. The predicted molar refractivity (Wildman–Crippen MR) is 69.7 cm³/mol. The van der Waals surface area contributed by atoms with Crippen LogP contribution in [0.5, 0.6) is 0 Å². The molecule has 18 heavy (non-hydrogen) atoms. The quantitative estimate of drug-likeness (QED) is 0.630. The zero-order chi connectivity index (χ0) is 13.0. The molecule has 1 aliphatic rings. The third kappa shape index (κ3) is 2.73. The van der Waals surface area contributed by atoms with E-state index in [0.29, 0.717) is 16.9 Å². The lowest BCUT2D eigenvalue weighted by Crippen LogP contribution is -2.29. The molecule has 1 heterocycles. The van der Waals surface area contributed by atoms with Crippen molar-refractivity contribution in [2.45, 2.75) is 18.9 Å². The molecule has 0 atom stereocenters. The second-order valence-corrected chi connectivity index (χ2v) is 4.29. The van der Waals surface area contributed by atoms with E-state index >= 15 is 0 Å². The number of methoxy groups -OCH3 is 1. The van der Waals surface area contributed by atoms with Crippen molar-refractivity contribution in [2.24, 2.45) is 0 Å². The van der Waals surface area contributed by atoms with Crippen molar-refractivity contribution >= 4 is 17.3 Å². The molecule has 0 aromatic heterocycles. The van der Waals surface area contributed by atoms with E-state index in [-0.39, 0.29) is 12.0 Å². The Kier molecular flexibility index (Phi) is 4.04. The molecule has 98 valence electrons. The van der Waals surface area contributed by atoms with Crippen LogP contribution in [0.15, 0.2) is 18.2 Å². The van der Waals surface area contributed by atoms with Crippen molar-refractivity contribution in [3.8, 4) is 0 Å². The van der Waals surface area contributed by atoms with Crippen molar-refractivity contribution in [1.29, 1.82) is 0 Å². The first-order valence-corrected chi connectivity index (χ1v) is 6.03. The molecular weight excluding hydrogens is 232 g/mol. The van der Waals surface area contributed by atoms with Crippen molar-refractivity contribution in [3.05, 3.63) is 23.8 Å². The van der Waals surface area contributed by atoms with Crippen molar-refractivity contribution in [3.63, 3.8) is 0 Å². The number of nitrogen functional groups attached to an aromatic ring is 1. The Morgan fingerprint density at radius 1 is 1.44 bits per heavy atom. The van der Waals surface area contributed by atoms with Crippen LogP contribution in [0.4, 0.5) is 11.4 Å². The van der Waals surface area contributed by atoms with Gasteiger partial charge in [-0.2, -0.15) is 0 Å². The Balaban J connectivity index is 2.21. The summed E-state index contributed by atoms with van der Waals surface area (Å²) in [6.07, 6.45) is 1.82. The van der Waals surface area contributed by atoms with Crippen molar-refractivity contribution in [2.75, 3.05) is 31.4 Å². The number of hydrogen-bond donors (Lipinski definition) is 2. The van der Waals surface area contributed by atoms with Gasteiger partial charge in [-0.15, -0.1) is 0 Å². The highest BCUT2D eigenvalue weighted by molar-refractivity contribution is 5.98. The standard InChI is InChI=1S/C13H18N2O3/c1-17-13(16)10-3-2-4-11(14)12(10)15-9-5-7-18-8-6-9/h2-4,9,15H,5-8,14H2,1H3. The number of carbonyl (C=O) groups excluding carboxylic acids is 1. The SMILES string of the molecule is COC(=O)c1cccc(N)c1NC1CCOCC1. The molecule has 0 radical (unpaired) electrons. The number of benzene rings is 1. The smallest absolute Gasteiger partial charge is 0.340 e. The van der Waals surface area contributed by atoms with E-state index in [1.54, 1.807) is 18.2 Å². The van der Waals surface area contributed by atoms with Gasteiger partial charge in [-0.25, -0.2) is 4.79 Å². The van der Waals surface area contributed by atoms with E-state index < -0.39 is 0 Å². The van der Waals surface area contributed by atoms with Gasteiger partial charge in [0.1, 0.15) is 0 Å². The van der Waals surface area contributed by atoms with Crippen LogP contribution in [0.2, 0.25) is 0 Å². The van der Waals surface area contributed by atoms with E-state index in [4.69, 9.17) is 15.2 Å². The second-order valence-electron chi connectivity index (χ2n) is 4.29. The predicted octanol–water partition coefficient (Wildman–Crippen LogP) is 1.65. The van der Waals surface area contributed by atoms with E-state index in [9.17, 15) is 4.79 Å². The number of rotatable bonds is 3. The van der Waals surface area contributed by atoms with Crippen LogP contribution in [0.25, 0.3) is 0 Å². The summed E-state index contributed by atoms with van der Waals surface area (Å²) < 4.78 is 10.1. The number of anilines is 2. The minimum absolute atomic E-state index is 0.284. The number of esters is 1. The molecule has 0 saturated carbocycles. The molecule has 0 bridgehead atoms. The number of para-hydroxylation sites is 1. The van der Waals surface area contributed by atoms with Gasteiger partial charge < -0.3 is 20.5 Å². The Bertz CT molecular complexity index is 428. The molecule has 1 aromatic rings. The second kappa shape index (κ2) is 5.73. The summed E-state index contributed by atoms with van der Waals surface area (Å²) >= 11 is 0. The topological polar surface area (TPSA) is 73.6 Å². The average molecular weight is 250 g/mol. The maximum absolute atomic E-state index is 11.7. The summed E-state index contributed by atoms with van der Waals surface area (Å²) in [5.41, 5.74) is 7.63. The molecule has 2 rings (SSSR count). The van der Waals surface area contributed by atoms with Gasteiger partial charge in [0.25, 0.3) is 0 Å². The number of nitrogens with two attached hydrogens (primary N) is 1. The zero-order valence-corrected chi connectivity index (χ0v) is 10.4. The number of hydrogen-bond acceptors (Lipinski definition) is 5. The molecule has 1 fully saturated rings. The Hall–Kier alpha value is -1.75. The van der Waals surface area contributed by atoms with E-state index in [1.165, 1.54) is 7.11 Å². The summed E-state index contributed by atoms with van der Waals surface area (Å²) in [6.45, 7) is 1.47. The zero-order valence-electron chi connectivity index (χ0n) is 10.4. The van der Waals surface area contributed by atoms with Gasteiger partial charge in [0.15, 0.2) is 0 Å². The van der Waals surface area contributed by atoms with Crippen LogP contribution in [0.1, 0.15) is 23.2 Å². The molecule has 0 spiro atoms. The van der Waals surface area contributed by atoms with Crippen LogP contribution in [0.3, 0.4) is 0 Å². The Morgan fingerprint density at radius 2 is 2.17 bits per heavy atom. The number of carbonyl (C=O) groups is 1. The van der Waals surface area contributed by atoms with Crippen LogP contribution < -0.4 is 11.1 Å². The normalized spacial score (nSPS) is 16.3. The van der Waals surface area contributed by atoms with Gasteiger partial charge in [0.05, 0.1) is 24.0 Å². The fourth-order valence-electron chi connectivity index (χ4n) is 2.06. The van der Waals surface area contributed by atoms with Crippen LogP contribution >= 0.6 is 0 Å². The lowest BCUT2D eigenvalue weighted by molar-refractivity contribution is 0.0601. The molecule has 1 aliphatic heterocycles. The lowest BCUT2D eigenvalue weighted by atomic mass is 10.1. The minimum Gasteiger partial charge on any atom is -0.465 e. The summed E-state index contributed by atoms with van der Waals surface area (Å²) in [5, 5.41) is 3.33. The average Bonchev–Trinajstić information content (AvgIpc) is 2.41. The van der Waals surface area contributed by atoms with Crippen LogP contribution in [0, 0.1) is 0 Å². The number of ether oxygens (including phenoxy) is 2. The fraction of sp³-hybridized carbons (Fsp3) is 0.462. The Labute approximate surface area is 106 Å². The van der Waals surface area contributed by atoms with Crippen LogP contribution in [-0.2, 0) is 9.47 Å². The molecule has 1 aromatic carbocycles. The summed E-state index contributed by atoms with van der Waals surface area (Å²) in [7, 11) is 1.36. The Morgan fingerprint density at radius 3 is 2.83 bits per heavy atom. The van der Waals surface area contributed by atoms with Crippen molar-refractivity contribution < 1.29 is 14.3 Å². The van der Waals surface area contributed by atoms with Gasteiger partial charge in [0, 0.05) is 19.3 Å². The van der Waals surface area contributed by atoms with Crippen LogP contribution in [-0.4, -0.2) is 32.3 Å². The van der Waals surface area contributed by atoms with E-state index in [0.717, 1.165) is 26.1 Å². The summed E-state index contributed by atoms with van der Waals surface area (Å²) in [5.74, 6) is -0.378. The molecular formula is C13H18N2O3. The molecule has 5 nitrogen and oxygen atoms in total. The first-order chi connectivity index (χ1) is 8.72. The molecule has 0 unspecified atom stereocenters. The van der Waals surface area contributed by atoms with Gasteiger partial charge in [-0.05, 0) is 25.0 Å². The maximum atomic E-state index is 11.7. The van der Waals surface area contributed by atoms with Crippen molar-refractivity contribution in [1.82, 2.24) is 0 Å². The monoisotopic (exact) mass is 250 g/mol. The first-order valence-electron chi connectivity index (χ1n) is 6.03. The largest absolute Gasteiger partial charge is 0.465 e. The van der Waals surface area contributed by atoms with Gasteiger partial charge >= 0.3 is 5.97 Å². The molecule has 0 aliphatic carbocycles. The van der Waals surface area contributed by atoms with Gasteiger partial charge in [0.2, 0.25) is 0 Å².